The molecule has 4 aliphatic heterocycles. The first-order valence-electron chi connectivity index (χ1n) is 12.9. The molecule has 9 heteroatoms. The number of amides is 1. The smallest absolute Gasteiger partial charge is 0.240 e. The molecule has 0 aromatic heterocycles. The van der Waals surface area contributed by atoms with Crippen molar-refractivity contribution in [3.63, 3.8) is 0 Å². The minimum absolute atomic E-state index is 0.188. The van der Waals surface area contributed by atoms with Crippen LogP contribution in [0.5, 0.6) is 0 Å². The number of hydrogen-bond acceptors (Lipinski definition) is 8. The minimum atomic E-state index is -1.40. The lowest BCUT2D eigenvalue weighted by atomic mass is 9.85. The van der Waals surface area contributed by atoms with E-state index >= 15 is 0 Å². The first kappa shape index (κ1) is 26.9. The van der Waals surface area contributed by atoms with Crippen LogP contribution in [0.25, 0.3) is 0 Å². The second kappa shape index (κ2) is 12.0. The Bertz CT molecular complexity index is 803. The Labute approximate surface area is 212 Å². The Morgan fingerprint density at radius 2 is 1.97 bits per heavy atom. The summed E-state index contributed by atoms with van der Waals surface area (Å²) in [5.41, 5.74) is -0.803. The van der Waals surface area contributed by atoms with Gasteiger partial charge in [-0.1, -0.05) is 31.9 Å². The average Bonchev–Trinajstić information content (AvgIpc) is 3.11. The first-order chi connectivity index (χ1) is 16.8. The minimum Gasteiger partial charge on any atom is -0.388 e. The molecule has 0 saturated carbocycles. The van der Waals surface area contributed by atoms with Crippen LogP contribution in [-0.4, -0.2) is 87.7 Å². The average molecular weight is 509 g/mol. The third-order valence-corrected chi connectivity index (χ3v) is 8.99. The maximum atomic E-state index is 13.4. The molecule has 2 bridgehead atoms. The Kier molecular flexibility index (Phi) is 9.19. The van der Waals surface area contributed by atoms with E-state index in [1.807, 2.05) is 12.2 Å². The lowest BCUT2D eigenvalue weighted by molar-refractivity contribution is -0.205. The highest BCUT2D eigenvalue weighted by molar-refractivity contribution is 8.00. The molecule has 3 saturated heterocycles. The summed E-state index contributed by atoms with van der Waals surface area (Å²) in [5.74, 6) is 4.02. The van der Waals surface area contributed by atoms with Crippen molar-refractivity contribution in [2.75, 3.05) is 13.2 Å². The van der Waals surface area contributed by atoms with Crippen molar-refractivity contribution in [3.05, 3.63) is 12.2 Å². The van der Waals surface area contributed by atoms with Gasteiger partial charge in [0.1, 0.15) is 35.9 Å². The molecular weight excluding hydrogens is 468 g/mol. The van der Waals surface area contributed by atoms with E-state index in [4.69, 9.17) is 15.9 Å². The van der Waals surface area contributed by atoms with Crippen molar-refractivity contribution in [3.8, 4) is 12.3 Å². The van der Waals surface area contributed by atoms with Gasteiger partial charge in [0.2, 0.25) is 5.91 Å². The van der Waals surface area contributed by atoms with E-state index in [2.05, 4.69) is 30.4 Å². The van der Waals surface area contributed by atoms with Gasteiger partial charge in [-0.25, -0.2) is 0 Å². The number of carbonyl (C=O) groups is 1. The van der Waals surface area contributed by atoms with E-state index < -0.39 is 41.9 Å². The predicted molar refractivity (Wildman–Crippen MR) is 134 cm³/mol. The van der Waals surface area contributed by atoms with E-state index in [0.717, 1.165) is 19.4 Å². The fourth-order valence-corrected chi connectivity index (χ4v) is 7.06. The van der Waals surface area contributed by atoms with Crippen LogP contribution in [0.15, 0.2) is 12.2 Å². The number of fused-ring (bicyclic) bond motifs is 3. The molecule has 0 spiro atoms. The van der Waals surface area contributed by atoms with Gasteiger partial charge in [-0.2, -0.15) is 0 Å². The summed E-state index contributed by atoms with van der Waals surface area (Å²) in [6, 6.07) is -1.06. The van der Waals surface area contributed by atoms with Crippen molar-refractivity contribution < 1.29 is 29.6 Å². The molecule has 3 unspecified atom stereocenters. The standard InChI is InChI=1S/C26H40N2O6S/c1-4-17-7-5-6-8-18(24-21(30)20(29)22(31)26(34-24)35-17)28-25(32)19-23-16(13-27-19)12-15(9-10-33-23)11-14(2)3/h1,5-6,14-24,26-27,29-31H,7-13H2,2-3H3,(H,28,32)/b6-5-/t15-,16-,17+,18+,19-,20?,21?,22+,23+,24+,26?/m0/s1. The van der Waals surface area contributed by atoms with Gasteiger partial charge in [0.15, 0.2) is 0 Å². The largest absolute Gasteiger partial charge is 0.388 e. The third-order valence-electron chi connectivity index (χ3n) is 7.67. The Morgan fingerprint density at radius 3 is 2.71 bits per heavy atom. The van der Waals surface area contributed by atoms with Crippen LogP contribution in [0.1, 0.15) is 46.0 Å². The van der Waals surface area contributed by atoms with Gasteiger partial charge >= 0.3 is 0 Å². The maximum absolute atomic E-state index is 13.4. The van der Waals surface area contributed by atoms with Gasteiger partial charge in [0.25, 0.3) is 0 Å². The summed E-state index contributed by atoms with van der Waals surface area (Å²) in [4.78, 5) is 13.4. The van der Waals surface area contributed by atoms with Crippen molar-refractivity contribution in [2.45, 2.75) is 99.2 Å². The van der Waals surface area contributed by atoms with E-state index in [9.17, 15) is 20.1 Å². The van der Waals surface area contributed by atoms with Crippen molar-refractivity contribution in [1.29, 1.82) is 0 Å². The van der Waals surface area contributed by atoms with Crippen LogP contribution in [-0.2, 0) is 14.3 Å². The van der Waals surface area contributed by atoms with Crippen molar-refractivity contribution in [2.24, 2.45) is 17.8 Å². The number of carbonyl (C=O) groups excluding carboxylic acids is 1. The fraction of sp³-hybridized carbons (Fsp3) is 0.808. The molecule has 1 amide bonds. The molecular formula is C26H40N2O6S. The maximum Gasteiger partial charge on any atom is 0.240 e. The molecule has 0 radical (unpaired) electrons. The highest BCUT2D eigenvalue weighted by Crippen LogP contribution is 2.36. The molecule has 0 aromatic rings. The van der Waals surface area contributed by atoms with Gasteiger partial charge in [-0.05, 0) is 49.9 Å². The second-order valence-corrected chi connectivity index (χ2v) is 12.1. The number of hydrogen-bond donors (Lipinski definition) is 5. The quantitative estimate of drug-likeness (QED) is 0.279. The molecule has 0 aromatic carbocycles. The monoisotopic (exact) mass is 508 g/mol. The van der Waals surface area contributed by atoms with E-state index in [-0.39, 0.29) is 23.2 Å². The van der Waals surface area contributed by atoms with Gasteiger partial charge < -0.3 is 35.4 Å². The number of aliphatic hydroxyl groups excluding tert-OH is 3. The van der Waals surface area contributed by atoms with Crippen LogP contribution >= 0.6 is 11.8 Å². The summed E-state index contributed by atoms with van der Waals surface area (Å²) in [5, 5.41) is 37.9. The van der Waals surface area contributed by atoms with Gasteiger partial charge in [0.05, 0.1) is 17.4 Å². The number of thioether (sulfide) groups is 1. The molecule has 11 atom stereocenters. The summed E-state index contributed by atoms with van der Waals surface area (Å²) in [7, 11) is 0. The molecule has 5 N–H and O–H groups in total. The highest BCUT2D eigenvalue weighted by atomic mass is 32.2. The normalized spacial score (nSPS) is 45.1. The summed E-state index contributed by atoms with van der Waals surface area (Å²) in [6.45, 7) is 5.88. The number of rotatable bonds is 4. The van der Waals surface area contributed by atoms with Crippen LogP contribution in [0.2, 0.25) is 0 Å². The number of ether oxygens (including phenoxy) is 2. The van der Waals surface area contributed by atoms with Crippen LogP contribution in [0, 0.1) is 30.1 Å². The van der Waals surface area contributed by atoms with E-state index in [1.54, 1.807) is 0 Å². The molecule has 196 valence electrons. The number of allylic oxidation sites excluding steroid dienone is 1. The highest BCUT2D eigenvalue weighted by Gasteiger charge is 2.49. The van der Waals surface area contributed by atoms with Gasteiger partial charge in [-0.15, -0.1) is 18.2 Å². The van der Waals surface area contributed by atoms with Crippen LogP contribution < -0.4 is 10.6 Å². The third kappa shape index (κ3) is 6.24. The topological polar surface area (TPSA) is 120 Å². The zero-order valence-corrected chi connectivity index (χ0v) is 21.4. The molecule has 3 fully saturated rings. The van der Waals surface area contributed by atoms with Crippen LogP contribution in [0.3, 0.4) is 0 Å². The molecule has 0 aliphatic carbocycles. The Hall–Kier alpha value is -1.12. The zero-order chi connectivity index (χ0) is 25.1. The summed E-state index contributed by atoms with van der Waals surface area (Å²) in [6.07, 6.45) is 8.63. The van der Waals surface area contributed by atoms with Crippen LogP contribution in [0.4, 0.5) is 0 Å². The molecule has 4 heterocycles. The Morgan fingerprint density at radius 1 is 1.20 bits per heavy atom. The van der Waals surface area contributed by atoms with E-state index in [1.165, 1.54) is 18.2 Å². The van der Waals surface area contributed by atoms with Crippen molar-refractivity contribution in [1.82, 2.24) is 10.6 Å². The molecule has 35 heavy (non-hydrogen) atoms. The summed E-state index contributed by atoms with van der Waals surface area (Å²) < 4.78 is 12.2. The molecule has 8 nitrogen and oxygen atoms in total. The number of aliphatic hydroxyl groups is 3. The second-order valence-electron chi connectivity index (χ2n) is 10.8. The molecule has 4 aliphatic rings. The lowest BCUT2D eigenvalue weighted by Crippen LogP contribution is -2.64. The molecule has 4 rings (SSSR count). The predicted octanol–water partition coefficient (Wildman–Crippen LogP) is 0.793. The van der Waals surface area contributed by atoms with Gasteiger partial charge in [0, 0.05) is 13.2 Å². The zero-order valence-electron chi connectivity index (χ0n) is 20.6. The lowest BCUT2D eigenvalue weighted by Gasteiger charge is -2.44. The van der Waals surface area contributed by atoms with Gasteiger partial charge in [-0.3, -0.25) is 4.79 Å². The number of nitrogens with one attached hydrogen (secondary N) is 2. The van der Waals surface area contributed by atoms with Crippen molar-refractivity contribution >= 4 is 17.7 Å². The fourth-order valence-electron chi connectivity index (χ4n) is 5.93. The van der Waals surface area contributed by atoms with E-state index in [0.29, 0.717) is 31.3 Å². The number of terminal acetylenes is 1. The SMILES string of the molecule is C#C[C@@H]1C/C=C\C[C@@H](NC(=O)[C@H]2NC[C@@H]3C[C@H](CC(C)C)CCO[C@H]32)[C@H]2OC(S1)[C@H](O)C(O)C2O. The Balaban J connectivity index is 1.46. The first-order valence-corrected chi connectivity index (χ1v) is 13.8. The summed E-state index contributed by atoms with van der Waals surface area (Å²) >= 11 is 1.25.